The fraction of sp³-hybridized carbons (Fsp3) is 0.533. The van der Waals surface area contributed by atoms with Crippen molar-refractivity contribution in [2.45, 2.75) is 31.8 Å². The first-order valence-electron chi connectivity index (χ1n) is 7.01. The summed E-state index contributed by atoms with van der Waals surface area (Å²) < 4.78 is 5.61. The molecule has 1 amide bonds. The Bertz CT molecular complexity index is 475. The van der Waals surface area contributed by atoms with Crippen LogP contribution >= 0.6 is 0 Å². The number of fused-ring (bicyclic) bond motifs is 1. The highest BCUT2D eigenvalue weighted by Gasteiger charge is 2.31. The lowest BCUT2D eigenvalue weighted by Gasteiger charge is -2.28. The average molecular weight is 260 g/mol. The van der Waals surface area contributed by atoms with Gasteiger partial charge in [0.15, 0.2) is 0 Å². The Hall–Kier alpha value is -1.55. The molecule has 3 rings (SSSR count). The van der Waals surface area contributed by atoms with Crippen molar-refractivity contribution < 1.29 is 9.53 Å². The molecule has 3 unspecified atom stereocenters. The fourth-order valence-electron chi connectivity index (χ4n) is 2.94. The maximum absolute atomic E-state index is 12.3. The monoisotopic (exact) mass is 260 g/mol. The van der Waals surface area contributed by atoms with E-state index in [1.165, 1.54) is 0 Å². The molecule has 1 aromatic rings. The smallest absolute Gasteiger partial charge is 0.237 e. The number of hydrogen-bond donors (Lipinski definition) is 2. The Morgan fingerprint density at radius 1 is 1.37 bits per heavy atom. The molecule has 0 bridgehead atoms. The molecular weight excluding hydrogens is 240 g/mol. The van der Waals surface area contributed by atoms with Crippen molar-refractivity contribution in [2.75, 3.05) is 13.2 Å². The Morgan fingerprint density at radius 3 is 3.00 bits per heavy atom. The van der Waals surface area contributed by atoms with Gasteiger partial charge in [0.1, 0.15) is 5.75 Å². The number of carbonyl (C=O) groups excluding carboxylic acids is 1. The van der Waals surface area contributed by atoms with Crippen LogP contribution in [0.3, 0.4) is 0 Å². The molecule has 19 heavy (non-hydrogen) atoms. The third-order valence-corrected chi connectivity index (χ3v) is 4.09. The zero-order valence-electron chi connectivity index (χ0n) is 11.2. The molecule has 2 heterocycles. The van der Waals surface area contributed by atoms with E-state index in [1.807, 2.05) is 24.3 Å². The summed E-state index contributed by atoms with van der Waals surface area (Å²) in [7, 11) is 0. The lowest BCUT2D eigenvalue weighted by atomic mass is 9.98. The number of para-hydroxylation sites is 1. The van der Waals surface area contributed by atoms with E-state index in [2.05, 4.69) is 17.6 Å². The van der Waals surface area contributed by atoms with Gasteiger partial charge in [-0.05, 0) is 24.9 Å². The standard InChI is InChI=1S/C15H20N2O2/c1-10-6-8-16-14(10)15(18)17-12-7-9-19-13-5-3-2-4-11(12)13/h2-5,10,12,14,16H,6-9H2,1H3,(H,17,18). The van der Waals surface area contributed by atoms with Crippen LogP contribution in [0.1, 0.15) is 31.4 Å². The maximum Gasteiger partial charge on any atom is 0.237 e. The molecule has 4 heteroatoms. The fourth-order valence-corrected chi connectivity index (χ4v) is 2.94. The second kappa shape index (κ2) is 5.21. The van der Waals surface area contributed by atoms with E-state index < -0.39 is 0 Å². The molecule has 1 saturated heterocycles. The van der Waals surface area contributed by atoms with Crippen LogP contribution in [-0.2, 0) is 4.79 Å². The number of hydrogen-bond acceptors (Lipinski definition) is 3. The predicted octanol–water partition coefficient (Wildman–Crippen LogP) is 1.62. The van der Waals surface area contributed by atoms with Gasteiger partial charge in [0.05, 0.1) is 18.7 Å². The van der Waals surface area contributed by atoms with E-state index in [0.29, 0.717) is 12.5 Å². The zero-order valence-corrected chi connectivity index (χ0v) is 11.2. The molecule has 0 spiro atoms. The van der Waals surface area contributed by atoms with Crippen molar-refractivity contribution >= 4 is 5.91 Å². The van der Waals surface area contributed by atoms with Crippen LogP contribution < -0.4 is 15.4 Å². The first kappa shape index (κ1) is 12.5. The van der Waals surface area contributed by atoms with Gasteiger partial charge in [-0.25, -0.2) is 0 Å². The van der Waals surface area contributed by atoms with Crippen molar-refractivity contribution in [2.24, 2.45) is 5.92 Å². The Kier molecular flexibility index (Phi) is 3.42. The van der Waals surface area contributed by atoms with E-state index in [1.54, 1.807) is 0 Å². The van der Waals surface area contributed by atoms with Crippen LogP contribution in [0.25, 0.3) is 0 Å². The molecule has 0 aliphatic carbocycles. The molecule has 4 nitrogen and oxygen atoms in total. The molecule has 0 saturated carbocycles. The third-order valence-electron chi connectivity index (χ3n) is 4.09. The molecule has 2 aliphatic rings. The Morgan fingerprint density at radius 2 is 2.21 bits per heavy atom. The molecule has 1 fully saturated rings. The molecule has 1 aromatic carbocycles. The topological polar surface area (TPSA) is 50.4 Å². The van der Waals surface area contributed by atoms with Crippen LogP contribution in [0, 0.1) is 5.92 Å². The quantitative estimate of drug-likeness (QED) is 0.849. The molecule has 2 aliphatic heterocycles. The van der Waals surface area contributed by atoms with Gasteiger partial charge in [-0.1, -0.05) is 25.1 Å². The van der Waals surface area contributed by atoms with Crippen molar-refractivity contribution in [3.63, 3.8) is 0 Å². The van der Waals surface area contributed by atoms with Crippen LogP contribution in [-0.4, -0.2) is 25.1 Å². The van der Waals surface area contributed by atoms with Gasteiger partial charge in [0.2, 0.25) is 5.91 Å². The summed E-state index contributed by atoms with van der Waals surface area (Å²) in [6, 6.07) is 7.98. The highest BCUT2D eigenvalue weighted by molar-refractivity contribution is 5.83. The zero-order chi connectivity index (χ0) is 13.2. The molecule has 0 radical (unpaired) electrons. The van der Waals surface area contributed by atoms with Crippen molar-refractivity contribution in [3.05, 3.63) is 29.8 Å². The molecule has 102 valence electrons. The first-order chi connectivity index (χ1) is 9.25. The van der Waals surface area contributed by atoms with E-state index >= 15 is 0 Å². The second-order valence-electron chi connectivity index (χ2n) is 5.43. The number of benzene rings is 1. The van der Waals surface area contributed by atoms with Gasteiger partial charge < -0.3 is 15.4 Å². The third kappa shape index (κ3) is 2.45. The van der Waals surface area contributed by atoms with Gasteiger partial charge in [-0.15, -0.1) is 0 Å². The minimum absolute atomic E-state index is 0.0463. The van der Waals surface area contributed by atoms with Crippen molar-refractivity contribution in [1.82, 2.24) is 10.6 Å². The Labute approximate surface area is 113 Å². The van der Waals surface area contributed by atoms with Crippen LogP contribution in [0.4, 0.5) is 0 Å². The average Bonchev–Trinajstić information content (AvgIpc) is 2.85. The summed E-state index contributed by atoms with van der Waals surface area (Å²) in [4.78, 5) is 12.3. The lowest BCUT2D eigenvalue weighted by Crippen LogP contribution is -2.45. The highest BCUT2D eigenvalue weighted by Crippen LogP contribution is 2.31. The van der Waals surface area contributed by atoms with Crippen molar-refractivity contribution in [1.29, 1.82) is 0 Å². The summed E-state index contributed by atoms with van der Waals surface area (Å²) in [5, 5.41) is 6.44. The van der Waals surface area contributed by atoms with Gasteiger partial charge >= 0.3 is 0 Å². The predicted molar refractivity (Wildman–Crippen MR) is 73.0 cm³/mol. The molecular formula is C15H20N2O2. The number of carbonyl (C=O) groups is 1. The first-order valence-corrected chi connectivity index (χ1v) is 7.01. The minimum Gasteiger partial charge on any atom is -0.493 e. The number of nitrogens with one attached hydrogen (secondary N) is 2. The summed E-state index contributed by atoms with van der Waals surface area (Å²) in [6.45, 7) is 3.72. The molecule has 0 aromatic heterocycles. The van der Waals surface area contributed by atoms with Gasteiger partial charge in [0.25, 0.3) is 0 Å². The van der Waals surface area contributed by atoms with Crippen molar-refractivity contribution in [3.8, 4) is 5.75 Å². The normalized spacial score (nSPS) is 29.4. The largest absolute Gasteiger partial charge is 0.493 e. The minimum atomic E-state index is -0.0463. The highest BCUT2D eigenvalue weighted by atomic mass is 16.5. The van der Waals surface area contributed by atoms with E-state index in [-0.39, 0.29) is 18.0 Å². The van der Waals surface area contributed by atoms with Crippen LogP contribution in [0.15, 0.2) is 24.3 Å². The maximum atomic E-state index is 12.3. The number of ether oxygens (including phenoxy) is 1. The van der Waals surface area contributed by atoms with Gasteiger partial charge in [-0.3, -0.25) is 4.79 Å². The van der Waals surface area contributed by atoms with E-state index in [9.17, 15) is 4.79 Å². The van der Waals surface area contributed by atoms with Crippen LogP contribution in [0.2, 0.25) is 0 Å². The SMILES string of the molecule is CC1CCNC1C(=O)NC1CCOc2ccccc21. The van der Waals surface area contributed by atoms with E-state index in [4.69, 9.17) is 4.74 Å². The summed E-state index contributed by atoms with van der Waals surface area (Å²) in [5.41, 5.74) is 1.09. The molecule has 3 atom stereocenters. The summed E-state index contributed by atoms with van der Waals surface area (Å²) in [5.74, 6) is 1.42. The Balaban J connectivity index is 1.72. The van der Waals surface area contributed by atoms with E-state index in [0.717, 1.165) is 30.7 Å². The van der Waals surface area contributed by atoms with Crippen LogP contribution in [0.5, 0.6) is 5.75 Å². The number of rotatable bonds is 2. The van der Waals surface area contributed by atoms with Gasteiger partial charge in [-0.2, -0.15) is 0 Å². The number of amides is 1. The molecule has 2 N–H and O–H groups in total. The lowest BCUT2D eigenvalue weighted by molar-refractivity contribution is -0.124. The van der Waals surface area contributed by atoms with Gasteiger partial charge in [0, 0.05) is 12.0 Å². The second-order valence-corrected chi connectivity index (χ2v) is 5.43. The summed E-state index contributed by atoms with van der Waals surface area (Å²) in [6.07, 6.45) is 1.91. The summed E-state index contributed by atoms with van der Waals surface area (Å²) >= 11 is 0.